The van der Waals surface area contributed by atoms with E-state index in [0.29, 0.717) is 23.0 Å². The molecule has 7 heteroatoms. The minimum Gasteiger partial charge on any atom is -0.331 e. The van der Waals surface area contributed by atoms with Crippen LogP contribution in [-0.2, 0) is 16.0 Å². The van der Waals surface area contributed by atoms with E-state index in [1.54, 1.807) is 28.4 Å². The molecular formula is C23H28Cl2N2O2S. The molecule has 2 amide bonds. The van der Waals surface area contributed by atoms with E-state index in [4.69, 9.17) is 23.2 Å². The van der Waals surface area contributed by atoms with Gasteiger partial charge in [0.25, 0.3) is 0 Å². The Morgan fingerprint density at radius 3 is 2.67 bits per heavy atom. The summed E-state index contributed by atoms with van der Waals surface area (Å²) in [6.45, 7) is 6.66. The summed E-state index contributed by atoms with van der Waals surface area (Å²) in [6, 6.07) is 7.20. The van der Waals surface area contributed by atoms with E-state index in [1.165, 1.54) is 4.88 Å². The van der Waals surface area contributed by atoms with Crippen LogP contribution < -0.4 is 0 Å². The number of benzene rings is 1. The van der Waals surface area contributed by atoms with Crippen LogP contribution in [0.1, 0.15) is 62.1 Å². The highest BCUT2D eigenvalue weighted by Gasteiger charge is 2.35. The molecule has 1 aliphatic rings. The molecule has 2 heterocycles. The maximum absolute atomic E-state index is 13.5. The van der Waals surface area contributed by atoms with Gasteiger partial charge in [-0.1, -0.05) is 42.6 Å². The average molecular weight is 467 g/mol. The topological polar surface area (TPSA) is 40.6 Å². The summed E-state index contributed by atoms with van der Waals surface area (Å²) in [5.41, 5.74) is 1.97. The molecule has 1 atom stereocenters. The second-order valence-corrected chi connectivity index (χ2v) is 9.77. The third kappa shape index (κ3) is 5.01. The standard InChI is InChI=1S/C23H28Cl2N2O2S/c1-4-5-6-21(28)27(15(2)3)14-22(29)26-11-9-20-18(10-12-30-20)23(26)17-8-7-16(24)13-19(17)25/h7-8,10,12-13,15,23H,4-6,9,11,14H2,1-3H3/t23-/m0/s1. The number of hydrogen-bond acceptors (Lipinski definition) is 3. The molecule has 0 unspecified atom stereocenters. The van der Waals surface area contributed by atoms with Crippen LogP contribution in [0.25, 0.3) is 0 Å². The van der Waals surface area contributed by atoms with Crippen molar-refractivity contribution >= 4 is 46.4 Å². The first kappa shape index (κ1) is 23.1. The lowest BCUT2D eigenvalue weighted by atomic mass is 9.93. The summed E-state index contributed by atoms with van der Waals surface area (Å²) in [5.74, 6) is -0.0177. The first-order valence-electron chi connectivity index (χ1n) is 10.4. The van der Waals surface area contributed by atoms with Crippen LogP contribution >= 0.6 is 34.5 Å². The largest absolute Gasteiger partial charge is 0.331 e. The van der Waals surface area contributed by atoms with Crippen molar-refractivity contribution in [3.05, 3.63) is 55.7 Å². The Bertz CT molecular complexity index is 912. The Labute approximate surface area is 192 Å². The summed E-state index contributed by atoms with van der Waals surface area (Å²) in [7, 11) is 0. The molecule has 0 bridgehead atoms. The van der Waals surface area contributed by atoms with E-state index < -0.39 is 0 Å². The molecule has 0 fully saturated rings. The summed E-state index contributed by atoms with van der Waals surface area (Å²) in [4.78, 5) is 31.0. The van der Waals surface area contributed by atoms with Gasteiger partial charge in [0, 0.05) is 33.9 Å². The smallest absolute Gasteiger partial charge is 0.243 e. The van der Waals surface area contributed by atoms with Crippen LogP contribution in [0.5, 0.6) is 0 Å². The van der Waals surface area contributed by atoms with Crippen molar-refractivity contribution in [1.29, 1.82) is 0 Å². The number of carbonyl (C=O) groups excluding carboxylic acids is 2. The molecule has 162 valence electrons. The zero-order chi connectivity index (χ0) is 21.8. The molecule has 0 aliphatic carbocycles. The predicted molar refractivity (Wildman–Crippen MR) is 124 cm³/mol. The number of amides is 2. The van der Waals surface area contributed by atoms with Crippen LogP contribution in [0, 0.1) is 0 Å². The number of halogens is 2. The van der Waals surface area contributed by atoms with E-state index in [2.05, 4.69) is 18.4 Å². The average Bonchev–Trinajstić information content (AvgIpc) is 3.18. The van der Waals surface area contributed by atoms with E-state index in [9.17, 15) is 9.59 Å². The molecule has 1 aromatic carbocycles. The molecule has 0 radical (unpaired) electrons. The maximum Gasteiger partial charge on any atom is 0.243 e. The highest BCUT2D eigenvalue weighted by atomic mass is 35.5. The SMILES string of the molecule is CCCCC(=O)N(CC(=O)N1CCc2sccc2[C@@H]1c1ccc(Cl)cc1Cl)C(C)C. The Balaban J connectivity index is 1.90. The normalized spacial score (nSPS) is 15.9. The number of hydrogen-bond donors (Lipinski definition) is 0. The van der Waals surface area contributed by atoms with Crippen molar-refractivity contribution in [3.8, 4) is 0 Å². The van der Waals surface area contributed by atoms with Crippen LogP contribution in [0.15, 0.2) is 29.6 Å². The fraction of sp³-hybridized carbons (Fsp3) is 0.478. The number of carbonyl (C=O) groups is 2. The van der Waals surface area contributed by atoms with Gasteiger partial charge in [0.05, 0.1) is 6.04 Å². The molecule has 1 aromatic heterocycles. The third-order valence-corrected chi connectivity index (χ3v) is 7.10. The van der Waals surface area contributed by atoms with Gasteiger partial charge in [-0.05, 0) is 61.4 Å². The molecule has 3 rings (SSSR count). The Hall–Kier alpha value is -1.56. The summed E-state index contributed by atoms with van der Waals surface area (Å²) < 4.78 is 0. The van der Waals surface area contributed by atoms with Crippen LogP contribution in [0.2, 0.25) is 10.0 Å². The van der Waals surface area contributed by atoms with Crippen molar-refractivity contribution in [2.24, 2.45) is 0 Å². The second kappa shape index (κ2) is 10.2. The van der Waals surface area contributed by atoms with E-state index in [-0.39, 0.29) is 30.4 Å². The molecule has 2 aromatic rings. The molecule has 0 saturated carbocycles. The Kier molecular flexibility index (Phi) is 7.83. The fourth-order valence-electron chi connectivity index (χ4n) is 3.91. The van der Waals surface area contributed by atoms with Crippen LogP contribution in [0.4, 0.5) is 0 Å². The van der Waals surface area contributed by atoms with Crippen molar-refractivity contribution in [2.45, 2.75) is 58.5 Å². The Morgan fingerprint density at radius 1 is 1.23 bits per heavy atom. The summed E-state index contributed by atoms with van der Waals surface area (Å²) in [5, 5.41) is 3.17. The fourth-order valence-corrected chi connectivity index (χ4v) is 5.33. The zero-order valence-electron chi connectivity index (χ0n) is 17.7. The minimum absolute atomic E-state index is 0.0302. The first-order chi connectivity index (χ1) is 14.3. The van der Waals surface area contributed by atoms with E-state index in [1.807, 2.05) is 24.8 Å². The quantitative estimate of drug-likeness (QED) is 0.505. The number of nitrogens with zero attached hydrogens (tertiary/aromatic N) is 2. The van der Waals surface area contributed by atoms with E-state index in [0.717, 1.165) is 30.4 Å². The highest BCUT2D eigenvalue weighted by Crippen LogP contribution is 2.41. The van der Waals surface area contributed by atoms with Gasteiger partial charge in [-0.25, -0.2) is 0 Å². The monoisotopic (exact) mass is 466 g/mol. The number of rotatable bonds is 7. The number of thiophene rings is 1. The maximum atomic E-state index is 13.5. The van der Waals surface area contributed by atoms with Crippen molar-refractivity contribution in [1.82, 2.24) is 9.80 Å². The third-order valence-electron chi connectivity index (χ3n) is 5.54. The van der Waals surface area contributed by atoms with Crippen LogP contribution in [-0.4, -0.2) is 40.7 Å². The highest BCUT2D eigenvalue weighted by molar-refractivity contribution is 7.10. The van der Waals surface area contributed by atoms with Crippen molar-refractivity contribution in [2.75, 3.05) is 13.1 Å². The summed E-state index contributed by atoms with van der Waals surface area (Å²) >= 11 is 14.4. The lowest BCUT2D eigenvalue weighted by Gasteiger charge is -2.38. The van der Waals surface area contributed by atoms with Gasteiger partial charge in [0.1, 0.15) is 6.54 Å². The molecule has 1 aliphatic heterocycles. The molecular weight excluding hydrogens is 439 g/mol. The molecule has 4 nitrogen and oxygen atoms in total. The lowest BCUT2D eigenvalue weighted by molar-refractivity contribution is -0.143. The van der Waals surface area contributed by atoms with Gasteiger partial charge in [-0.2, -0.15) is 0 Å². The van der Waals surface area contributed by atoms with Gasteiger partial charge in [-0.3, -0.25) is 9.59 Å². The number of unbranched alkanes of at least 4 members (excludes halogenated alkanes) is 1. The van der Waals surface area contributed by atoms with Gasteiger partial charge in [0.2, 0.25) is 11.8 Å². The van der Waals surface area contributed by atoms with Gasteiger partial charge < -0.3 is 9.80 Å². The molecule has 0 N–H and O–H groups in total. The lowest BCUT2D eigenvalue weighted by Crippen LogP contribution is -2.48. The van der Waals surface area contributed by atoms with Crippen molar-refractivity contribution in [3.63, 3.8) is 0 Å². The zero-order valence-corrected chi connectivity index (χ0v) is 20.0. The minimum atomic E-state index is -0.267. The molecule has 0 saturated heterocycles. The first-order valence-corrected chi connectivity index (χ1v) is 12.1. The van der Waals surface area contributed by atoms with Gasteiger partial charge in [0.15, 0.2) is 0 Å². The van der Waals surface area contributed by atoms with E-state index >= 15 is 0 Å². The summed E-state index contributed by atoms with van der Waals surface area (Å²) in [6.07, 6.45) is 3.08. The molecule has 30 heavy (non-hydrogen) atoms. The molecule has 0 spiro atoms. The van der Waals surface area contributed by atoms with Gasteiger partial charge >= 0.3 is 0 Å². The number of fused-ring (bicyclic) bond motifs is 1. The second-order valence-electron chi connectivity index (χ2n) is 7.92. The van der Waals surface area contributed by atoms with Gasteiger partial charge in [-0.15, -0.1) is 11.3 Å². The van der Waals surface area contributed by atoms with Crippen molar-refractivity contribution < 1.29 is 9.59 Å². The Morgan fingerprint density at radius 2 is 2.00 bits per heavy atom. The van der Waals surface area contributed by atoms with Crippen LogP contribution in [0.3, 0.4) is 0 Å². The predicted octanol–water partition coefficient (Wildman–Crippen LogP) is 5.96.